The maximum atomic E-state index is 12.9. The summed E-state index contributed by atoms with van der Waals surface area (Å²) < 4.78 is 41.6. The highest BCUT2D eigenvalue weighted by molar-refractivity contribution is 5.81. The largest absolute Gasteiger partial charge is 0.508 e. The molecule has 3 rings (SSSR count). The maximum absolute atomic E-state index is 12.9. The summed E-state index contributed by atoms with van der Waals surface area (Å²) in [5.74, 6) is -2.29. The van der Waals surface area contributed by atoms with Gasteiger partial charge < -0.3 is 37.9 Å². The van der Waals surface area contributed by atoms with E-state index in [0.29, 0.717) is 70.6 Å². The lowest BCUT2D eigenvalue weighted by atomic mass is 9.84. The fraction of sp³-hybridized carbons (Fsp3) is 0.697. The van der Waals surface area contributed by atoms with Gasteiger partial charge in [0.2, 0.25) is 0 Å². The van der Waals surface area contributed by atoms with Gasteiger partial charge in [-0.3, -0.25) is 9.59 Å². The van der Waals surface area contributed by atoms with Gasteiger partial charge in [-0.15, -0.1) is 0 Å². The summed E-state index contributed by atoms with van der Waals surface area (Å²) in [6, 6.07) is 0. The van der Waals surface area contributed by atoms with Gasteiger partial charge in [-0.2, -0.15) is 0 Å². The Balaban J connectivity index is 1.27. The first-order valence-corrected chi connectivity index (χ1v) is 16.2. The summed E-state index contributed by atoms with van der Waals surface area (Å²) >= 11 is 0. The zero-order chi connectivity index (χ0) is 34.2. The van der Waals surface area contributed by atoms with Crippen LogP contribution in [-0.2, 0) is 57.1 Å². The van der Waals surface area contributed by atoms with Crippen LogP contribution in [0.5, 0.6) is 0 Å². The average Bonchev–Trinajstić information content (AvgIpc) is 3.06. The lowest BCUT2D eigenvalue weighted by molar-refractivity contribution is -0.169. The van der Waals surface area contributed by atoms with Crippen LogP contribution >= 0.6 is 0 Å². The van der Waals surface area contributed by atoms with Gasteiger partial charge in [-0.25, -0.2) is 19.2 Å². The molecule has 0 spiro atoms. The van der Waals surface area contributed by atoms with E-state index in [2.05, 4.69) is 13.2 Å². The standard InChI is InChI=1S/C33H46O14/c1-4-28(34)40-16-18-42-32(38)45-24-10-6-22(7-11-24)30(36)44-26-14-15-27(21(3)20-26)47-31(37)23-8-12-25(13-9-23)46-33(39)43-19-17-41-29(35)5-2/h4-5,21-27H,1-2,6-20H2,3H3. The minimum Gasteiger partial charge on any atom is -0.462 e. The van der Waals surface area contributed by atoms with Gasteiger partial charge in [0, 0.05) is 12.2 Å². The van der Waals surface area contributed by atoms with E-state index in [1.807, 2.05) is 6.92 Å². The molecule has 0 bridgehead atoms. The van der Waals surface area contributed by atoms with Crippen molar-refractivity contribution in [3.63, 3.8) is 0 Å². The molecule has 3 atom stereocenters. The first-order chi connectivity index (χ1) is 22.6. The quantitative estimate of drug-likeness (QED) is 0.109. The average molecular weight is 667 g/mol. The topological polar surface area (TPSA) is 176 Å². The second-order valence-electron chi connectivity index (χ2n) is 11.9. The van der Waals surface area contributed by atoms with Crippen molar-refractivity contribution in [1.82, 2.24) is 0 Å². The third-order valence-corrected chi connectivity index (χ3v) is 8.56. The number of hydrogen-bond donors (Lipinski definition) is 0. The molecule has 3 fully saturated rings. The van der Waals surface area contributed by atoms with Crippen molar-refractivity contribution in [2.45, 2.75) is 102 Å². The number of carbonyl (C=O) groups is 6. The summed E-state index contributed by atoms with van der Waals surface area (Å²) in [7, 11) is 0. The number of rotatable bonds is 14. The SMILES string of the molecule is C=CC(=O)OCCOC(=O)OC1CCC(C(=O)OC2CCC(OC(=O)C3CCC(OC(=O)OCCOC(=O)C=C)CC3)C(C)C2)CC1. The molecule has 0 aromatic heterocycles. The van der Waals surface area contributed by atoms with Crippen molar-refractivity contribution in [3.05, 3.63) is 25.3 Å². The van der Waals surface area contributed by atoms with Crippen molar-refractivity contribution >= 4 is 36.2 Å². The first-order valence-electron chi connectivity index (χ1n) is 16.2. The first kappa shape index (κ1) is 37.4. The molecule has 3 saturated carbocycles. The van der Waals surface area contributed by atoms with Gasteiger partial charge in [0.25, 0.3) is 0 Å². The Morgan fingerprint density at radius 1 is 0.532 bits per heavy atom. The van der Waals surface area contributed by atoms with Crippen molar-refractivity contribution in [2.24, 2.45) is 17.8 Å². The summed E-state index contributed by atoms with van der Waals surface area (Å²) in [5.41, 5.74) is 0. The van der Waals surface area contributed by atoms with Crippen LogP contribution in [-0.4, -0.2) is 87.0 Å². The van der Waals surface area contributed by atoms with E-state index < -0.39 is 24.2 Å². The minimum atomic E-state index is -0.848. The fourth-order valence-corrected chi connectivity index (χ4v) is 5.93. The molecule has 0 radical (unpaired) electrons. The molecular weight excluding hydrogens is 620 g/mol. The molecule has 0 N–H and O–H groups in total. The van der Waals surface area contributed by atoms with E-state index in [4.69, 9.17) is 37.9 Å². The number of hydrogen-bond acceptors (Lipinski definition) is 14. The van der Waals surface area contributed by atoms with Crippen molar-refractivity contribution in [3.8, 4) is 0 Å². The molecule has 47 heavy (non-hydrogen) atoms. The van der Waals surface area contributed by atoms with E-state index in [1.165, 1.54) is 0 Å². The van der Waals surface area contributed by atoms with Gasteiger partial charge in [-0.1, -0.05) is 20.1 Å². The molecule has 3 unspecified atom stereocenters. The molecule has 0 aromatic carbocycles. The lowest BCUT2D eigenvalue weighted by Crippen LogP contribution is -2.39. The highest BCUT2D eigenvalue weighted by Gasteiger charge is 2.37. The fourth-order valence-electron chi connectivity index (χ4n) is 5.93. The Morgan fingerprint density at radius 2 is 0.936 bits per heavy atom. The van der Waals surface area contributed by atoms with E-state index in [0.717, 1.165) is 12.2 Å². The van der Waals surface area contributed by atoms with Gasteiger partial charge in [0.1, 0.15) is 50.8 Å². The van der Waals surface area contributed by atoms with Gasteiger partial charge in [0.15, 0.2) is 0 Å². The van der Waals surface area contributed by atoms with Crippen LogP contribution in [0.2, 0.25) is 0 Å². The number of esters is 4. The van der Waals surface area contributed by atoms with E-state index in [1.54, 1.807) is 0 Å². The Morgan fingerprint density at radius 3 is 1.36 bits per heavy atom. The monoisotopic (exact) mass is 666 g/mol. The molecule has 3 aliphatic carbocycles. The molecule has 0 aromatic rings. The zero-order valence-corrected chi connectivity index (χ0v) is 26.9. The van der Waals surface area contributed by atoms with Crippen molar-refractivity contribution in [1.29, 1.82) is 0 Å². The molecule has 0 amide bonds. The van der Waals surface area contributed by atoms with Crippen LogP contribution in [0.25, 0.3) is 0 Å². The number of ether oxygens (including phenoxy) is 8. The predicted molar refractivity (Wildman–Crippen MR) is 161 cm³/mol. The van der Waals surface area contributed by atoms with E-state index >= 15 is 0 Å². The van der Waals surface area contributed by atoms with E-state index in [-0.39, 0.29) is 80.5 Å². The predicted octanol–water partition coefficient (Wildman–Crippen LogP) is 4.51. The summed E-state index contributed by atoms with van der Waals surface area (Å²) in [4.78, 5) is 71.5. The van der Waals surface area contributed by atoms with Crippen LogP contribution < -0.4 is 0 Å². The van der Waals surface area contributed by atoms with Crippen molar-refractivity contribution < 1.29 is 66.7 Å². The Labute approximate surface area is 274 Å². The van der Waals surface area contributed by atoms with Crippen LogP contribution in [0.3, 0.4) is 0 Å². The highest BCUT2D eigenvalue weighted by atomic mass is 16.7. The van der Waals surface area contributed by atoms with E-state index in [9.17, 15) is 28.8 Å². The van der Waals surface area contributed by atoms with Crippen LogP contribution in [0.1, 0.15) is 77.6 Å². The molecule has 0 heterocycles. The van der Waals surface area contributed by atoms with Gasteiger partial charge in [0.05, 0.1) is 11.8 Å². The Bertz CT molecular complexity index is 1100. The Hall–Kier alpha value is -4.10. The molecule has 14 nitrogen and oxygen atoms in total. The van der Waals surface area contributed by atoms with Crippen molar-refractivity contribution in [2.75, 3.05) is 26.4 Å². The summed E-state index contributed by atoms with van der Waals surface area (Å²) in [6.07, 6.45) is 4.98. The maximum Gasteiger partial charge on any atom is 0.508 e. The minimum absolute atomic E-state index is 0.0149. The normalized spacial score (nSPS) is 27.1. The number of carbonyl (C=O) groups excluding carboxylic acids is 6. The summed E-state index contributed by atoms with van der Waals surface area (Å²) in [5, 5.41) is 0. The molecule has 0 aliphatic heterocycles. The molecule has 0 saturated heterocycles. The van der Waals surface area contributed by atoms with Crippen LogP contribution in [0.15, 0.2) is 25.3 Å². The smallest absolute Gasteiger partial charge is 0.462 e. The third-order valence-electron chi connectivity index (χ3n) is 8.56. The van der Waals surface area contributed by atoms with Crippen LogP contribution in [0.4, 0.5) is 9.59 Å². The highest BCUT2D eigenvalue weighted by Crippen LogP contribution is 2.34. The Kier molecular flexibility index (Phi) is 15.5. The third kappa shape index (κ3) is 13.3. The van der Waals surface area contributed by atoms with Gasteiger partial charge >= 0.3 is 36.2 Å². The molecular formula is C33H46O14. The summed E-state index contributed by atoms with van der Waals surface area (Å²) in [6.45, 7) is 8.08. The molecule has 14 heteroatoms. The van der Waals surface area contributed by atoms with Crippen LogP contribution in [0, 0.1) is 17.8 Å². The second kappa shape index (κ2) is 19.5. The molecule has 262 valence electrons. The lowest BCUT2D eigenvalue weighted by Gasteiger charge is -2.35. The van der Waals surface area contributed by atoms with Gasteiger partial charge in [-0.05, 0) is 76.5 Å². The second-order valence-corrected chi connectivity index (χ2v) is 11.9. The zero-order valence-electron chi connectivity index (χ0n) is 26.9. The molecule has 3 aliphatic rings.